The largest absolute Gasteiger partial charge is 0.384 e. The van der Waals surface area contributed by atoms with E-state index in [2.05, 4.69) is 162 Å². The van der Waals surface area contributed by atoms with Crippen molar-refractivity contribution in [3.05, 3.63) is 259 Å². The predicted octanol–water partition coefficient (Wildman–Crippen LogP) is 14.3. The lowest BCUT2D eigenvalue weighted by Gasteiger charge is -2.29. The van der Waals surface area contributed by atoms with Crippen LogP contribution >= 0.6 is 11.6 Å². The van der Waals surface area contributed by atoms with Gasteiger partial charge in [0.15, 0.2) is 0 Å². The molecule has 4 aromatic carbocycles. The van der Waals surface area contributed by atoms with Gasteiger partial charge in [-0.25, -0.2) is 0 Å². The maximum Gasteiger partial charge on any atom is 0.106 e. The number of nitrogens with two attached hydrogens (primary N) is 1. The van der Waals surface area contributed by atoms with Crippen molar-refractivity contribution in [3.63, 3.8) is 0 Å². The molecule has 4 atom stereocenters. The summed E-state index contributed by atoms with van der Waals surface area (Å²) in [7, 11) is 6.52. The number of rotatable bonds is 12. The highest BCUT2D eigenvalue weighted by molar-refractivity contribution is 6.31. The van der Waals surface area contributed by atoms with Gasteiger partial charge in [-0.05, 0) is 227 Å². The summed E-state index contributed by atoms with van der Waals surface area (Å²) < 4.78 is 9.38. The molecule has 3 aliphatic heterocycles. The normalized spacial score (nSPS) is 17.0. The third-order valence-electron chi connectivity index (χ3n) is 21.5. The van der Waals surface area contributed by atoms with Crippen molar-refractivity contribution in [1.82, 2.24) is 52.9 Å². The van der Waals surface area contributed by atoms with E-state index < -0.39 is 16.8 Å². The van der Waals surface area contributed by atoms with E-state index in [0.717, 1.165) is 123 Å². The molecule has 16 rings (SSSR count). The van der Waals surface area contributed by atoms with Gasteiger partial charge in [0.2, 0.25) is 0 Å². The second kappa shape index (κ2) is 29.3. The van der Waals surface area contributed by atoms with E-state index in [4.69, 9.17) is 17.3 Å². The highest BCUT2D eigenvalue weighted by Crippen LogP contribution is 2.40. The molecule has 0 saturated heterocycles. The van der Waals surface area contributed by atoms with Crippen LogP contribution in [-0.4, -0.2) is 116 Å². The standard InChI is InChI=1S/C22H27N3O.C21H26N4.C21H24N2O.C20H22ClN3O/c1-15-5-8-20-19(11-15)18-9-10-24(4)13-21(18)25(20)14-22(3,26)17-7-6-16(2)23-12-17;1-15-3-4-20-18(13-15)17-7-11-24(2)12-8-21(17)25(20)14-19(22)16-5-9-23-10-6-16;1-15-9-10-20-18(12-15)17-7-3-4-8-19(17)23(20)14-21(2,24)16-6-5-11-22-13-16;1-20(25,14-4-3-8-22-11-14)13-24-18-6-5-15(21)10-17(18)16-7-9-23(2)12-19(16)24/h5-8,11-12,26H,9-10,13-14H2,1-4H3;3-6,9-10,13,19H,7-8,11-12,14,22H2,1-2H3;5-6,9-13,24H,3-4,7-8,14H2,1-2H3;3-6,8,10-11,25H,7,9,12-13H2,1-2H3. The molecular weight excluding hydrogens is 1260 g/mol. The summed E-state index contributed by atoms with van der Waals surface area (Å²) in [5.41, 5.74) is 28.4. The predicted molar refractivity (Wildman–Crippen MR) is 406 cm³/mol. The van der Waals surface area contributed by atoms with Crippen LogP contribution in [0, 0.1) is 27.7 Å². The summed E-state index contributed by atoms with van der Waals surface area (Å²) in [6.07, 6.45) is 21.4. The molecule has 1 aliphatic carbocycles. The van der Waals surface area contributed by atoms with Gasteiger partial charge < -0.3 is 54.0 Å². The average molecular weight is 1360 g/mol. The van der Waals surface area contributed by atoms with Crippen LogP contribution in [0.3, 0.4) is 0 Å². The molecule has 0 spiro atoms. The van der Waals surface area contributed by atoms with Crippen LogP contribution in [0.5, 0.6) is 0 Å². The molecular formula is C84H99ClN12O3. The molecule has 0 fully saturated rings. The van der Waals surface area contributed by atoms with Crippen molar-refractivity contribution < 1.29 is 15.3 Å². The molecule has 5 N–H and O–H groups in total. The fourth-order valence-electron chi connectivity index (χ4n) is 15.9. The molecule has 16 heteroatoms. The molecule has 100 heavy (non-hydrogen) atoms. The van der Waals surface area contributed by atoms with E-state index in [1.165, 1.54) is 113 Å². The van der Waals surface area contributed by atoms with Crippen LogP contribution in [0.1, 0.15) is 129 Å². The Labute approximate surface area is 594 Å². The lowest BCUT2D eigenvalue weighted by molar-refractivity contribution is 0.0373. The molecule has 15 nitrogen and oxygen atoms in total. The van der Waals surface area contributed by atoms with Gasteiger partial charge in [0.25, 0.3) is 0 Å². The molecule has 0 bridgehead atoms. The van der Waals surface area contributed by atoms with Gasteiger partial charge in [-0.1, -0.05) is 64.7 Å². The summed E-state index contributed by atoms with van der Waals surface area (Å²) >= 11 is 6.25. The Morgan fingerprint density at radius 1 is 0.440 bits per heavy atom. The molecule has 520 valence electrons. The molecule has 0 radical (unpaired) electrons. The van der Waals surface area contributed by atoms with Crippen LogP contribution in [0.4, 0.5) is 0 Å². The zero-order valence-electron chi connectivity index (χ0n) is 60.1. The Hall–Kier alpha value is -8.35. The first-order valence-corrected chi connectivity index (χ1v) is 36.1. The zero-order chi connectivity index (χ0) is 70.2. The minimum absolute atomic E-state index is 0.0232. The van der Waals surface area contributed by atoms with E-state index in [1.54, 1.807) is 31.0 Å². The number of pyridine rings is 4. The van der Waals surface area contributed by atoms with Gasteiger partial charge in [-0.2, -0.15) is 0 Å². The van der Waals surface area contributed by atoms with Crippen LogP contribution in [0.2, 0.25) is 5.02 Å². The Kier molecular flexibility index (Phi) is 20.5. The minimum atomic E-state index is -0.996. The van der Waals surface area contributed by atoms with Gasteiger partial charge in [0.05, 0.1) is 19.6 Å². The smallest absolute Gasteiger partial charge is 0.106 e. The number of aryl methyl sites for hydroxylation is 5. The molecule has 0 amide bonds. The molecule has 11 heterocycles. The summed E-state index contributed by atoms with van der Waals surface area (Å²) in [4.78, 5) is 23.9. The Bertz CT molecular complexity index is 4860. The number of aromatic nitrogens is 8. The van der Waals surface area contributed by atoms with Crippen molar-refractivity contribution in [2.45, 2.75) is 162 Å². The lowest BCUT2D eigenvalue weighted by atomic mass is 9.94. The van der Waals surface area contributed by atoms with Crippen LogP contribution < -0.4 is 5.73 Å². The number of hydrogen-bond acceptors (Lipinski definition) is 11. The number of hydrogen-bond donors (Lipinski definition) is 4. The highest BCUT2D eigenvalue weighted by Gasteiger charge is 2.33. The van der Waals surface area contributed by atoms with Gasteiger partial charge in [-0.3, -0.25) is 19.9 Å². The van der Waals surface area contributed by atoms with E-state index in [-0.39, 0.29) is 6.04 Å². The van der Waals surface area contributed by atoms with Crippen LogP contribution in [0.15, 0.2) is 165 Å². The summed E-state index contributed by atoms with van der Waals surface area (Å²) in [5.74, 6) is 0. The molecule has 8 aromatic heterocycles. The summed E-state index contributed by atoms with van der Waals surface area (Å²) in [6.45, 7) is 22.6. The SMILES string of the molecule is CN1CCc2c(n(CC(C)(O)c3cccnc3)c3ccc(Cl)cc23)C1.Cc1ccc2c(c1)c1c(n2CC(C)(O)c2ccc(C)nc2)CN(C)CC1.Cc1ccc2c(c1)c1c(n2CC(C)(O)c2cccnc2)CCCC1.Cc1ccc2c(c1)c1c(n2CC(N)c2ccncc2)CCN(C)CC1. The Morgan fingerprint density at radius 3 is 1.35 bits per heavy atom. The molecule has 0 saturated carbocycles. The van der Waals surface area contributed by atoms with Crippen LogP contribution in [0.25, 0.3) is 43.6 Å². The van der Waals surface area contributed by atoms with Gasteiger partial charge in [-0.15, -0.1) is 0 Å². The molecule has 4 aliphatic rings. The Morgan fingerprint density at radius 2 is 0.860 bits per heavy atom. The minimum Gasteiger partial charge on any atom is -0.384 e. The topological polar surface area (TPSA) is 168 Å². The fourth-order valence-corrected chi connectivity index (χ4v) is 16.0. The van der Waals surface area contributed by atoms with Crippen LogP contribution in [-0.2, 0) is 94.6 Å². The maximum atomic E-state index is 11.3. The van der Waals surface area contributed by atoms with E-state index >= 15 is 0 Å². The van der Waals surface area contributed by atoms with Crippen molar-refractivity contribution >= 4 is 55.2 Å². The van der Waals surface area contributed by atoms with Crippen molar-refractivity contribution in [1.29, 1.82) is 0 Å². The quantitative estimate of drug-likeness (QED) is 0.0919. The average Bonchev–Trinajstić information content (AvgIpc) is 1.62. The third-order valence-corrected chi connectivity index (χ3v) is 21.7. The van der Waals surface area contributed by atoms with E-state index in [9.17, 15) is 15.3 Å². The zero-order valence-corrected chi connectivity index (χ0v) is 60.9. The monoisotopic (exact) mass is 1360 g/mol. The van der Waals surface area contributed by atoms with Gasteiger partial charge in [0, 0.05) is 195 Å². The molecule has 4 unspecified atom stereocenters. The second-order valence-electron chi connectivity index (χ2n) is 29.7. The van der Waals surface area contributed by atoms with Gasteiger partial charge in [0.1, 0.15) is 16.8 Å². The third kappa shape index (κ3) is 14.9. The number of benzene rings is 4. The summed E-state index contributed by atoms with van der Waals surface area (Å²) in [6, 6.07) is 41.8. The maximum absolute atomic E-state index is 11.3. The second-order valence-corrected chi connectivity index (χ2v) is 30.1. The first-order chi connectivity index (χ1) is 48.0. The number of likely N-dealkylation sites (N-methyl/N-ethyl adjacent to an activating group) is 3. The van der Waals surface area contributed by atoms with E-state index in [1.807, 2.05) is 94.7 Å². The highest BCUT2D eigenvalue weighted by atomic mass is 35.5. The lowest BCUT2D eigenvalue weighted by Crippen LogP contribution is -2.32. The number of nitrogens with zero attached hydrogens (tertiary/aromatic N) is 11. The first-order valence-electron chi connectivity index (χ1n) is 35.7. The summed E-state index contributed by atoms with van der Waals surface area (Å²) in [5, 5.41) is 39.6. The number of aliphatic hydroxyl groups is 3. The van der Waals surface area contributed by atoms with Gasteiger partial charge >= 0.3 is 0 Å². The fraction of sp³-hybridized carbons (Fsp3) is 0.381. The number of fused-ring (bicyclic) bond motifs is 12. The van der Waals surface area contributed by atoms with E-state index in [0.29, 0.717) is 19.6 Å². The Balaban J connectivity index is 0.000000120. The first kappa shape index (κ1) is 70.1. The number of halogens is 1. The van der Waals surface area contributed by atoms with Crippen molar-refractivity contribution in [2.24, 2.45) is 5.73 Å². The molecule has 12 aromatic rings. The van der Waals surface area contributed by atoms with Crippen molar-refractivity contribution in [3.8, 4) is 0 Å². The van der Waals surface area contributed by atoms with Crippen molar-refractivity contribution in [2.75, 3.05) is 47.3 Å².